The van der Waals surface area contributed by atoms with E-state index >= 15 is 0 Å². The van der Waals surface area contributed by atoms with E-state index in [1.54, 1.807) is 0 Å². The highest BCUT2D eigenvalue weighted by atomic mass is 16.4. The molecule has 15 heteroatoms. The summed E-state index contributed by atoms with van der Waals surface area (Å²) in [5.74, 6) is -7.21. The fourth-order valence-corrected chi connectivity index (χ4v) is 2.42. The predicted molar refractivity (Wildman–Crippen MR) is 104 cm³/mol. The van der Waals surface area contributed by atoms with Crippen molar-refractivity contribution in [1.29, 1.82) is 0 Å². The lowest BCUT2D eigenvalue weighted by molar-refractivity contribution is -0.143. The average molecular weight is 456 g/mol. The van der Waals surface area contributed by atoms with Gasteiger partial charge in [-0.15, -0.1) is 0 Å². The van der Waals surface area contributed by atoms with Crippen LogP contribution in [0.1, 0.15) is 25.5 Å². The smallest absolute Gasteiger partial charge is 0.325 e. The molecule has 4 atom stereocenters. The number of rotatable bonds is 13. The summed E-state index contributed by atoms with van der Waals surface area (Å²) in [5.41, 5.74) is 5.82. The third-order valence-corrected chi connectivity index (χ3v) is 4.08. The van der Waals surface area contributed by atoms with Crippen molar-refractivity contribution in [2.75, 3.05) is 0 Å². The molecule has 0 radical (unpaired) electrons. The van der Waals surface area contributed by atoms with Crippen molar-refractivity contribution in [1.82, 2.24) is 25.9 Å². The number of hydrogen-bond donors (Lipinski definition) is 8. The zero-order chi connectivity index (χ0) is 24.4. The molecule has 0 bridgehead atoms. The highest BCUT2D eigenvalue weighted by Gasteiger charge is 2.31. The molecule has 15 nitrogen and oxygen atoms in total. The molecule has 1 aromatic heterocycles. The van der Waals surface area contributed by atoms with Gasteiger partial charge in [0.2, 0.25) is 17.7 Å². The van der Waals surface area contributed by atoms with Gasteiger partial charge in [-0.3, -0.25) is 28.8 Å². The number of carbonyl (C=O) groups is 6. The summed E-state index contributed by atoms with van der Waals surface area (Å²) in [6.07, 6.45) is 0.862. The number of H-pyrrole nitrogens is 1. The minimum atomic E-state index is -1.69. The molecule has 0 aliphatic rings. The van der Waals surface area contributed by atoms with E-state index in [2.05, 4.69) is 20.6 Å². The standard InChI is InChI=1S/C17H24N6O9/c1-7(17(31)32)21-15(29)10(2-8-5-19-6-20-8)23-16(30)11(4-13(26)27)22-14(28)9(18)3-12(24)25/h5-7,9-11H,2-4,18H2,1H3,(H,19,20)(H,21,29)(H,22,28)(H,23,30)(H,24,25)(H,26,27)(H,31,32). The van der Waals surface area contributed by atoms with Crippen LogP contribution < -0.4 is 21.7 Å². The Kier molecular flexibility index (Phi) is 9.75. The lowest BCUT2D eigenvalue weighted by Crippen LogP contribution is -2.57. The highest BCUT2D eigenvalue weighted by molar-refractivity contribution is 5.96. The van der Waals surface area contributed by atoms with E-state index in [4.69, 9.17) is 21.1 Å². The van der Waals surface area contributed by atoms with Crippen LogP contribution in [-0.4, -0.2) is 85.1 Å². The molecule has 0 spiro atoms. The molecule has 32 heavy (non-hydrogen) atoms. The van der Waals surface area contributed by atoms with Crippen LogP contribution in [0.4, 0.5) is 0 Å². The number of imidazole rings is 1. The third kappa shape index (κ3) is 8.78. The number of nitrogens with one attached hydrogen (secondary N) is 4. The SMILES string of the molecule is CC(NC(=O)C(Cc1cnc[nH]1)NC(=O)C(CC(=O)O)NC(=O)C(N)CC(=O)O)C(=O)O. The van der Waals surface area contributed by atoms with Gasteiger partial charge in [0.15, 0.2) is 0 Å². The predicted octanol–water partition coefficient (Wildman–Crippen LogP) is -3.21. The molecular weight excluding hydrogens is 432 g/mol. The van der Waals surface area contributed by atoms with Crippen LogP contribution in [0.25, 0.3) is 0 Å². The second kappa shape index (κ2) is 12.0. The van der Waals surface area contributed by atoms with Crippen LogP contribution in [0.3, 0.4) is 0 Å². The molecule has 4 unspecified atom stereocenters. The van der Waals surface area contributed by atoms with Crippen molar-refractivity contribution in [2.24, 2.45) is 5.73 Å². The molecule has 9 N–H and O–H groups in total. The minimum Gasteiger partial charge on any atom is -0.481 e. The monoisotopic (exact) mass is 456 g/mol. The Bertz CT molecular complexity index is 857. The quantitative estimate of drug-likeness (QED) is 0.146. The number of aromatic amines is 1. The number of hydrogen-bond acceptors (Lipinski definition) is 8. The summed E-state index contributed by atoms with van der Waals surface area (Å²) in [6, 6.07) is -5.87. The molecule has 0 aromatic carbocycles. The van der Waals surface area contributed by atoms with Gasteiger partial charge in [0.1, 0.15) is 18.1 Å². The van der Waals surface area contributed by atoms with E-state index in [9.17, 15) is 28.8 Å². The Hall–Kier alpha value is -4.01. The molecule has 0 saturated carbocycles. The maximum absolute atomic E-state index is 12.7. The van der Waals surface area contributed by atoms with Crippen molar-refractivity contribution in [2.45, 2.75) is 50.4 Å². The summed E-state index contributed by atoms with van der Waals surface area (Å²) in [6.45, 7) is 1.20. The van der Waals surface area contributed by atoms with Crippen LogP contribution in [0.5, 0.6) is 0 Å². The van der Waals surface area contributed by atoms with E-state index in [1.165, 1.54) is 19.4 Å². The molecule has 0 aliphatic heterocycles. The van der Waals surface area contributed by atoms with Gasteiger partial charge in [0, 0.05) is 18.3 Å². The van der Waals surface area contributed by atoms with Gasteiger partial charge in [-0.2, -0.15) is 0 Å². The number of amides is 3. The zero-order valence-electron chi connectivity index (χ0n) is 16.9. The lowest BCUT2D eigenvalue weighted by Gasteiger charge is -2.23. The zero-order valence-corrected chi connectivity index (χ0v) is 16.9. The van der Waals surface area contributed by atoms with Gasteiger partial charge in [0.05, 0.1) is 25.2 Å². The van der Waals surface area contributed by atoms with Crippen LogP contribution >= 0.6 is 0 Å². The Morgan fingerprint density at radius 2 is 1.50 bits per heavy atom. The first-order chi connectivity index (χ1) is 14.9. The Morgan fingerprint density at radius 1 is 0.938 bits per heavy atom. The van der Waals surface area contributed by atoms with E-state index in [0.717, 1.165) is 0 Å². The van der Waals surface area contributed by atoms with Gasteiger partial charge >= 0.3 is 17.9 Å². The maximum Gasteiger partial charge on any atom is 0.325 e. The third-order valence-electron chi connectivity index (χ3n) is 4.08. The average Bonchev–Trinajstić information content (AvgIpc) is 3.18. The maximum atomic E-state index is 12.7. The summed E-state index contributed by atoms with van der Waals surface area (Å²) < 4.78 is 0. The fraction of sp³-hybridized carbons (Fsp3) is 0.471. The summed E-state index contributed by atoms with van der Waals surface area (Å²) in [7, 11) is 0. The summed E-state index contributed by atoms with van der Waals surface area (Å²) >= 11 is 0. The highest BCUT2D eigenvalue weighted by Crippen LogP contribution is 2.03. The molecule has 0 fully saturated rings. The number of nitrogens with zero attached hydrogens (tertiary/aromatic N) is 1. The first-order valence-electron chi connectivity index (χ1n) is 9.21. The molecule has 1 rings (SSSR count). The van der Waals surface area contributed by atoms with Crippen LogP contribution in [0.15, 0.2) is 12.5 Å². The Labute approximate surface area is 180 Å². The number of carboxylic acids is 3. The molecule has 176 valence electrons. The molecule has 0 aliphatic carbocycles. The first kappa shape index (κ1) is 26.0. The molecular formula is C17H24N6O9. The second-order valence-electron chi connectivity index (χ2n) is 6.77. The largest absolute Gasteiger partial charge is 0.481 e. The van der Waals surface area contributed by atoms with Gasteiger partial charge < -0.3 is 42.0 Å². The number of carbonyl (C=O) groups excluding carboxylic acids is 3. The van der Waals surface area contributed by atoms with Gasteiger partial charge in [-0.1, -0.05) is 0 Å². The van der Waals surface area contributed by atoms with Crippen molar-refractivity contribution in [3.05, 3.63) is 18.2 Å². The van der Waals surface area contributed by atoms with E-state index in [1.807, 2.05) is 5.32 Å². The molecule has 1 aromatic rings. The molecule has 0 saturated heterocycles. The van der Waals surface area contributed by atoms with E-state index < -0.39 is 72.6 Å². The van der Waals surface area contributed by atoms with Crippen LogP contribution in [0, 0.1) is 0 Å². The van der Waals surface area contributed by atoms with Crippen molar-refractivity contribution in [3.8, 4) is 0 Å². The van der Waals surface area contributed by atoms with Crippen molar-refractivity contribution < 1.29 is 44.1 Å². The number of nitrogens with two attached hydrogens (primary N) is 1. The van der Waals surface area contributed by atoms with Gasteiger partial charge in [0.25, 0.3) is 0 Å². The normalized spacial score (nSPS) is 14.3. The van der Waals surface area contributed by atoms with Crippen molar-refractivity contribution in [3.63, 3.8) is 0 Å². The molecule has 1 heterocycles. The molecule has 3 amide bonds. The summed E-state index contributed by atoms with van der Waals surface area (Å²) in [4.78, 5) is 76.5. The van der Waals surface area contributed by atoms with Gasteiger partial charge in [-0.05, 0) is 6.92 Å². The van der Waals surface area contributed by atoms with Crippen LogP contribution in [0.2, 0.25) is 0 Å². The Morgan fingerprint density at radius 3 is 2.00 bits per heavy atom. The van der Waals surface area contributed by atoms with Crippen LogP contribution in [-0.2, 0) is 35.2 Å². The van der Waals surface area contributed by atoms with Gasteiger partial charge in [-0.25, -0.2) is 4.98 Å². The second-order valence-corrected chi connectivity index (χ2v) is 6.77. The fourth-order valence-electron chi connectivity index (χ4n) is 2.42. The summed E-state index contributed by atoms with van der Waals surface area (Å²) in [5, 5.41) is 33.2. The number of aliphatic carboxylic acids is 3. The van der Waals surface area contributed by atoms with E-state index in [0.29, 0.717) is 5.69 Å². The lowest BCUT2D eigenvalue weighted by atomic mass is 10.1. The minimum absolute atomic E-state index is 0.157. The van der Waals surface area contributed by atoms with Crippen molar-refractivity contribution >= 4 is 35.6 Å². The van der Waals surface area contributed by atoms with E-state index in [-0.39, 0.29) is 6.42 Å². The first-order valence-corrected chi connectivity index (χ1v) is 9.21. The topological polar surface area (TPSA) is 254 Å². The number of aromatic nitrogens is 2. The Balaban J connectivity index is 3.00. The number of carboxylic acid groups (broad SMARTS) is 3.